The predicted octanol–water partition coefficient (Wildman–Crippen LogP) is -2.60. The van der Waals surface area contributed by atoms with Gasteiger partial charge in [0.2, 0.25) is 0 Å². The van der Waals surface area contributed by atoms with Crippen LogP contribution in [0.25, 0.3) is 0 Å². The van der Waals surface area contributed by atoms with Crippen LogP contribution >= 0.6 is 0 Å². The molecule has 1 saturated heterocycles. The number of hydrogen-bond acceptors (Lipinski definition) is 2. The minimum atomic E-state index is -0.0885. The molecule has 0 aromatic heterocycles. The summed E-state index contributed by atoms with van der Waals surface area (Å²) in [6, 6.07) is 0. The maximum Gasteiger partial charge on any atom is 0.361 e. The number of hydrogen-bond donors (Lipinski definition) is 0. The Labute approximate surface area is 84.0 Å². The Bertz CT molecular complexity index is 155. The van der Waals surface area contributed by atoms with Gasteiger partial charge in [-0.1, -0.05) is 0 Å². The summed E-state index contributed by atoms with van der Waals surface area (Å²) in [5.41, 5.74) is 0. The minimum absolute atomic E-state index is 0. The summed E-state index contributed by atoms with van der Waals surface area (Å²) >= 11 is 0. The van der Waals surface area contributed by atoms with Crippen LogP contribution in [0.5, 0.6) is 0 Å². The number of esters is 1. The molecule has 0 amide bonds. The van der Waals surface area contributed by atoms with E-state index in [1.807, 2.05) is 0 Å². The summed E-state index contributed by atoms with van der Waals surface area (Å²) in [5, 5.41) is 0. The molecule has 0 aliphatic carbocycles. The van der Waals surface area contributed by atoms with E-state index in [9.17, 15) is 4.79 Å². The third-order valence-electron chi connectivity index (χ3n) is 2.38. The lowest BCUT2D eigenvalue weighted by Gasteiger charge is -2.27. The molecule has 12 heavy (non-hydrogen) atoms. The molecule has 0 bridgehead atoms. The van der Waals surface area contributed by atoms with Crippen LogP contribution in [0.2, 0.25) is 0 Å². The van der Waals surface area contributed by atoms with E-state index >= 15 is 0 Å². The Morgan fingerprint density at radius 2 is 1.92 bits per heavy atom. The van der Waals surface area contributed by atoms with Crippen molar-refractivity contribution in [1.29, 1.82) is 0 Å². The van der Waals surface area contributed by atoms with Gasteiger partial charge in [0.05, 0.1) is 27.2 Å². The number of likely N-dealkylation sites (N-methyl/N-ethyl adjacent to an activating group) is 1. The standard InChI is InChI=1S/C8H16NO2.BrH/c1-9(5-3-4-6-9)7-8(10)11-2;/h3-7H2,1-2H3;1H/q+1;/p-1. The molecule has 1 aliphatic heterocycles. The molecule has 0 atom stereocenters. The van der Waals surface area contributed by atoms with E-state index < -0.39 is 0 Å². The molecule has 72 valence electrons. The van der Waals surface area contributed by atoms with Gasteiger partial charge in [0, 0.05) is 12.8 Å². The van der Waals surface area contributed by atoms with Crippen LogP contribution in [0.3, 0.4) is 0 Å². The van der Waals surface area contributed by atoms with E-state index in [0.29, 0.717) is 6.54 Å². The van der Waals surface area contributed by atoms with Crippen molar-refractivity contribution in [2.75, 3.05) is 33.8 Å². The summed E-state index contributed by atoms with van der Waals surface area (Å²) in [4.78, 5) is 10.9. The minimum Gasteiger partial charge on any atom is -1.00 e. The summed E-state index contributed by atoms with van der Waals surface area (Å²) in [6.07, 6.45) is 2.49. The van der Waals surface area contributed by atoms with Gasteiger partial charge in [-0.05, 0) is 0 Å². The van der Waals surface area contributed by atoms with Crippen molar-refractivity contribution in [3.63, 3.8) is 0 Å². The largest absolute Gasteiger partial charge is 1.00 e. The number of rotatable bonds is 2. The third kappa shape index (κ3) is 3.11. The SMILES string of the molecule is COC(=O)C[N+]1(C)CCCC1.[Br-]. The van der Waals surface area contributed by atoms with Gasteiger partial charge in [0.15, 0.2) is 6.54 Å². The van der Waals surface area contributed by atoms with Gasteiger partial charge >= 0.3 is 5.97 Å². The van der Waals surface area contributed by atoms with Crippen LogP contribution in [0.1, 0.15) is 12.8 Å². The van der Waals surface area contributed by atoms with Gasteiger partial charge in [0.25, 0.3) is 0 Å². The molecule has 3 nitrogen and oxygen atoms in total. The Morgan fingerprint density at radius 1 is 1.42 bits per heavy atom. The first kappa shape index (κ1) is 11.9. The Morgan fingerprint density at radius 3 is 2.33 bits per heavy atom. The smallest absolute Gasteiger partial charge is 0.361 e. The van der Waals surface area contributed by atoms with Gasteiger partial charge in [-0.15, -0.1) is 0 Å². The van der Waals surface area contributed by atoms with E-state index in [1.54, 1.807) is 0 Å². The summed E-state index contributed by atoms with van der Waals surface area (Å²) in [5.74, 6) is -0.0885. The molecular formula is C8H16BrNO2. The molecule has 0 N–H and O–H groups in total. The Balaban J connectivity index is 0.00000121. The number of halogens is 1. The lowest BCUT2D eigenvalue weighted by molar-refractivity contribution is -0.890. The number of carbonyl (C=O) groups is 1. The monoisotopic (exact) mass is 237 g/mol. The van der Waals surface area contributed by atoms with Crippen molar-refractivity contribution >= 4 is 5.97 Å². The van der Waals surface area contributed by atoms with E-state index in [4.69, 9.17) is 0 Å². The zero-order valence-corrected chi connectivity index (χ0v) is 9.26. The fourth-order valence-electron chi connectivity index (χ4n) is 1.63. The van der Waals surface area contributed by atoms with Crippen LogP contribution in [0.15, 0.2) is 0 Å². The Kier molecular flexibility index (Phi) is 4.78. The lowest BCUT2D eigenvalue weighted by Crippen LogP contribution is -3.00. The van der Waals surface area contributed by atoms with Gasteiger partial charge in [0.1, 0.15) is 0 Å². The first-order valence-corrected chi connectivity index (χ1v) is 4.07. The van der Waals surface area contributed by atoms with E-state index in [-0.39, 0.29) is 23.0 Å². The second-order valence-electron chi connectivity index (χ2n) is 3.51. The quantitative estimate of drug-likeness (QED) is 0.389. The molecule has 1 rings (SSSR count). The fourth-order valence-corrected chi connectivity index (χ4v) is 1.63. The summed E-state index contributed by atoms with van der Waals surface area (Å²) in [6.45, 7) is 2.78. The van der Waals surface area contributed by atoms with E-state index in [1.165, 1.54) is 20.0 Å². The third-order valence-corrected chi connectivity index (χ3v) is 2.38. The Hall–Kier alpha value is -0.0900. The average molecular weight is 238 g/mol. The second-order valence-corrected chi connectivity index (χ2v) is 3.51. The molecule has 4 heteroatoms. The molecule has 0 aromatic carbocycles. The summed E-state index contributed by atoms with van der Waals surface area (Å²) in [7, 11) is 3.56. The van der Waals surface area contributed by atoms with Crippen LogP contribution in [0, 0.1) is 0 Å². The molecule has 0 saturated carbocycles. The predicted molar refractivity (Wildman–Crippen MR) is 42.0 cm³/mol. The fraction of sp³-hybridized carbons (Fsp3) is 0.875. The van der Waals surface area contributed by atoms with E-state index in [0.717, 1.165) is 17.6 Å². The molecule has 1 heterocycles. The zero-order chi connectivity index (χ0) is 8.32. The molecular weight excluding hydrogens is 222 g/mol. The van der Waals surface area contributed by atoms with E-state index in [2.05, 4.69) is 11.8 Å². The highest BCUT2D eigenvalue weighted by Crippen LogP contribution is 2.15. The first-order chi connectivity index (χ1) is 5.16. The molecule has 0 unspecified atom stereocenters. The maximum atomic E-state index is 10.9. The number of carbonyl (C=O) groups excluding carboxylic acids is 1. The number of likely N-dealkylation sites (tertiary alicyclic amines) is 1. The highest BCUT2D eigenvalue weighted by atomic mass is 79.9. The number of nitrogens with zero attached hydrogens (tertiary/aromatic N) is 1. The van der Waals surface area contributed by atoms with Crippen molar-refractivity contribution in [2.45, 2.75) is 12.8 Å². The normalized spacial score (nSPS) is 19.8. The number of quaternary nitrogens is 1. The van der Waals surface area contributed by atoms with Crippen LogP contribution in [-0.4, -0.2) is 44.2 Å². The highest BCUT2D eigenvalue weighted by Gasteiger charge is 2.29. The van der Waals surface area contributed by atoms with Crippen LogP contribution in [-0.2, 0) is 9.53 Å². The van der Waals surface area contributed by atoms with Crippen molar-refractivity contribution in [1.82, 2.24) is 0 Å². The van der Waals surface area contributed by atoms with Gasteiger partial charge in [-0.2, -0.15) is 0 Å². The topological polar surface area (TPSA) is 26.3 Å². The number of methoxy groups -OCH3 is 1. The van der Waals surface area contributed by atoms with Crippen LogP contribution < -0.4 is 17.0 Å². The molecule has 0 aromatic rings. The summed E-state index contributed by atoms with van der Waals surface area (Å²) < 4.78 is 5.49. The van der Waals surface area contributed by atoms with Gasteiger partial charge in [-0.25, -0.2) is 4.79 Å². The van der Waals surface area contributed by atoms with Crippen LogP contribution in [0.4, 0.5) is 0 Å². The average Bonchev–Trinajstić information content (AvgIpc) is 2.36. The van der Waals surface area contributed by atoms with Gasteiger partial charge in [-0.3, -0.25) is 0 Å². The van der Waals surface area contributed by atoms with Crippen molar-refractivity contribution in [2.24, 2.45) is 0 Å². The van der Waals surface area contributed by atoms with Crippen molar-refractivity contribution < 1.29 is 31.0 Å². The maximum absolute atomic E-state index is 10.9. The lowest BCUT2D eigenvalue weighted by atomic mass is 10.4. The second kappa shape index (κ2) is 4.82. The molecule has 0 radical (unpaired) electrons. The van der Waals surface area contributed by atoms with Crippen molar-refractivity contribution in [3.05, 3.63) is 0 Å². The zero-order valence-electron chi connectivity index (χ0n) is 7.68. The number of ether oxygens (including phenoxy) is 1. The van der Waals surface area contributed by atoms with Crippen molar-refractivity contribution in [3.8, 4) is 0 Å². The van der Waals surface area contributed by atoms with Gasteiger partial charge < -0.3 is 26.2 Å². The highest BCUT2D eigenvalue weighted by molar-refractivity contribution is 5.70. The molecule has 1 fully saturated rings. The molecule has 1 aliphatic rings. The first-order valence-electron chi connectivity index (χ1n) is 4.07. The molecule has 0 spiro atoms.